The molecule has 1 aromatic heterocycles. The maximum Gasteiger partial charge on any atom is 0.293 e. The van der Waals surface area contributed by atoms with Gasteiger partial charge in [-0.05, 0) is 18.6 Å². The van der Waals surface area contributed by atoms with Gasteiger partial charge >= 0.3 is 0 Å². The zero-order valence-corrected chi connectivity index (χ0v) is 11.8. The van der Waals surface area contributed by atoms with Gasteiger partial charge in [-0.2, -0.15) is 0 Å². The summed E-state index contributed by atoms with van der Waals surface area (Å²) in [6.07, 6.45) is 3.05. The number of imidazole rings is 1. The minimum Gasteiger partial charge on any atom is -0.393 e. The first-order valence-electron chi connectivity index (χ1n) is 5.83. The van der Waals surface area contributed by atoms with Crippen LogP contribution in [0.15, 0.2) is 29.4 Å². The quantitative estimate of drug-likeness (QED) is 0.421. The number of aromatic amines is 1. The van der Waals surface area contributed by atoms with Gasteiger partial charge in [-0.25, -0.2) is 18.1 Å². The van der Waals surface area contributed by atoms with Crippen LogP contribution in [0.5, 0.6) is 0 Å². The van der Waals surface area contributed by atoms with Crippen molar-refractivity contribution in [2.75, 3.05) is 5.73 Å². The lowest BCUT2D eigenvalue weighted by Crippen LogP contribution is -2.24. The molecule has 1 heterocycles. The molecule has 0 aliphatic rings. The molecule has 9 nitrogen and oxygen atoms in total. The highest BCUT2D eigenvalue weighted by Gasteiger charge is 2.23. The maximum absolute atomic E-state index is 12.2. The van der Waals surface area contributed by atoms with Crippen molar-refractivity contribution in [3.63, 3.8) is 0 Å². The number of anilines is 1. The van der Waals surface area contributed by atoms with Gasteiger partial charge in [-0.3, -0.25) is 10.1 Å². The third-order valence-corrected chi connectivity index (χ3v) is 4.34. The molecular formula is C11H13N5O4S. The van der Waals surface area contributed by atoms with Gasteiger partial charge < -0.3 is 10.7 Å². The molecule has 1 aromatic carbocycles. The molecule has 2 aromatic rings. The number of nitrogens with two attached hydrogens (primary N) is 1. The Bertz CT molecular complexity index is 770. The number of nitro groups is 1. The van der Waals surface area contributed by atoms with E-state index in [2.05, 4.69) is 14.7 Å². The lowest BCUT2D eigenvalue weighted by Gasteiger charge is -2.09. The molecule has 0 amide bonds. The summed E-state index contributed by atoms with van der Waals surface area (Å²) in [4.78, 5) is 16.6. The van der Waals surface area contributed by atoms with Crippen LogP contribution in [0.1, 0.15) is 11.4 Å². The van der Waals surface area contributed by atoms with Crippen LogP contribution in [0.25, 0.3) is 0 Å². The maximum atomic E-state index is 12.2. The van der Waals surface area contributed by atoms with Crippen molar-refractivity contribution in [1.82, 2.24) is 14.7 Å². The van der Waals surface area contributed by atoms with E-state index < -0.39 is 20.6 Å². The molecule has 0 atom stereocenters. The van der Waals surface area contributed by atoms with Gasteiger partial charge in [-0.15, -0.1) is 0 Å². The highest BCUT2D eigenvalue weighted by atomic mass is 32.2. The van der Waals surface area contributed by atoms with E-state index in [-0.39, 0.29) is 17.1 Å². The van der Waals surface area contributed by atoms with E-state index in [4.69, 9.17) is 5.73 Å². The summed E-state index contributed by atoms with van der Waals surface area (Å²) >= 11 is 0. The molecule has 10 heteroatoms. The first-order chi connectivity index (χ1) is 9.81. The Morgan fingerprint density at radius 3 is 2.76 bits per heavy atom. The van der Waals surface area contributed by atoms with Crippen LogP contribution < -0.4 is 10.5 Å². The minimum atomic E-state index is -3.91. The molecule has 0 bridgehead atoms. The van der Waals surface area contributed by atoms with Gasteiger partial charge in [0.05, 0.1) is 16.4 Å². The van der Waals surface area contributed by atoms with Gasteiger partial charge in [0.1, 0.15) is 11.5 Å². The Morgan fingerprint density at radius 1 is 1.48 bits per heavy atom. The van der Waals surface area contributed by atoms with Crippen molar-refractivity contribution in [3.05, 3.63) is 46.0 Å². The fraction of sp³-hybridized carbons (Fsp3) is 0.182. The van der Waals surface area contributed by atoms with Crippen LogP contribution in [0.4, 0.5) is 11.4 Å². The standard InChI is InChI=1S/C11H13N5O4S/c1-7-4-8(12)9(16(17)18)5-10(7)21(19,20)15-6-11-13-2-3-14-11/h2-5,15H,6,12H2,1H3,(H,13,14). The molecule has 0 fully saturated rings. The molecule has 112 valence electrons. The number of H-pyrrole nitrogens is 1. The third-order valence-electron chi connectivity index (χ3n) is 2.79. The molecule has 0 saturated carbocycles. The summed E-state index contributed by atoms with van der Waals surface area (Å²) in [5, 5.41) is 10.9. The lowest BCUT2D eigenvalue weighted by atomic mass is 10.2. The van der Waals surface area contributed by atoms with Crippen LogP contribution >= 0.6 is 0 Å². The Labute approximate surface area is 120 Å². The third kappa shape index (κ3) is 3.17. The highest BCUT2D eigenvalue weighted by Crippen LogP contribution is 2.28. The SMILES string of the molecule is Cc1cc(N)c([N+](=O)[O-])cc1S(=O)(=O)NCc1ncc[nH]1. The van der Waals surface area contributed by atoms with Crippen LogP contribution in [0, 0.1) is 17.0 Å². The average molecular weight is 311 g/mol. The second-order valence-corrected chi connectivity index (χ2v) is 6.03. The van der Waals surface area contributed by atoms with Crippen LogP contribution in [0.2, 0.25) is 0 Å². The van der Waals surface area contributed by atoms with Crippen molar-refractivity contribution in [1.29, 1.82) is 0 Å². The summed E-state index contributed by atoms with van der Waals surface area (Å²) in [7, 11) is -3.91. The average Bonchev–Trinajstić information content (AvgIpc) is 2.88. The number of rotatable bonds is 5. The summed E-state index contributed by atoms with van der Waals surface area (Å²) in [5.41, 5.74) is 5.31. The first-order valence-corrected chi connectivity index (χ1v) is 7.32. The molecule has 2 rings (SSSR count). The van der Waals surface area contributed by atoms with E-state index in [0.717, 1.165) is 6.07 Å². The van der Waals surface area contributed by atoms with Gasteiger partial charge in [0, 0.05) is 18.5 Å². The predicted octanol–water partition coefficient (Wildman–Crippen LogP) is 0.687. The lowest BCUT2D eigenvalue weighted by molar-refractivity contribution is -0.384. The van der Waals surface area contributed by atoms with Gasteiger partial charge in [0.2, 0.25) is 10.0 Å². The minimum absolute atomic E-state index is 0.0487. The van der Waals surface area contributed by atoms with E-state index in [1.807, 2.05) is 0 Å². The topological polar surface area (TPSA) is 144 Å². The molecule has 0 spiro atoms. The Morgan fingerprint density at radius 2 is 2.19 bits per heavy atom. The number of nitro benzene ring substituents is 1. The zero-order chi connectivity index (χ0) is 15.6. The Kier molecular flexibility index (Phi) is 3.91. The van der Waals surface area contributed by atoms with Crippen molar-refractivity contribution in [3.8, 4) is 0 Å². The monoisotopic (exact) mass is 311 g/mol. The van der Waals surface area contributed by atoms with Gasteiger partial charge in [-0.1, -0.05) is 0 Å². The fourth-order valence-corrected chi connectivity index (χ4v) is 3.01. The molecule has 0 saturated heterocycles. The largest absolute Gasteiger partial charge is 0.393 e. The number of hydrogen-bond donors (Lipinski definition) is 3. The number of aromatic nitrogens is 2. The second-order valence-electron chi connectivity index (χ2n) is 4.29. The molecule has 0 aliphatic heterocycles. The number of hydrogen-bond acceptors (Lipinski definition) is 6. The molecule has 21 heavy (non-hydrogen) atoms. The van der Waals surface area contributed by atoms with Crippen molar-refractivity contribution < 1.29 is 13.3 Å². The Hall–Kier alpha value is -2.46. The van der Waals surface area contributed by atoms with Crippen molar-refractivity contribution in [2.24, 2.45) is 0 Å². The number of sulfonamides is 1. The fourth-order valence-electron chi connectivity index (χ4n) is 1.78. The smallest absolute Gasteiger partial charge is 0.293 e. The number of aryl methyl sites for hydroxylation is 1. The van der Waals surface area contributed by atoms with Gasteiger partial charge in [0.25, 0.3) is 5.69 Å². The summed E-state index contributed by atoms with van der Waals surface area (Å²) in [6, 6.07) is 2.22. The number of benzene rings is 1. The summed E-state index contributed by atoms with van der Waals surface area (Å²) in [5.74, 6) is 0.432. The van der Waals surface area contributed by atoms with Gasteiger partial charge in [0.15, 0.2) is 0 Å². The predicted molar refractivity (Wildman–Crippen MR) is 74.9 cm³/mol. The number of nitrogens with one attached hydrogen (secondary N) is 2. The number of nitrogens with zero attached hydrogens (tertiary/aromatic N) is 2. The molecule has 4 N–H and O–H groups in total. The number of nitrogen functional groups attached to an aromatic ring is 1. The Balaban J connectivity index is 2.35. The van der Waals surface area contributed by atoms with Crippen LogP contribution in [-0.2, 0) is 16.6 Å². The van der Waals surface area contributed by atoms with Crippen molar-refractivity contribution >= 4 is 21.4 Å². The van der Waals surface area contributed by atoms with Crippen molar-refractivity contribution in [2.45, 2.75) is 18.4 Å². The molecule has 0 radical (unpaired) electrons. The normalized spacial score (nSPS) is 11.5. The summed E-state index contributed by atoms with van der Waals surface area (Å²) in [6.45, 7) is 1.47. The molecule has 0 aliphatic carbocycles. The van der Waals surface area contributed by atoms with E-state index in [1.54, 1.807) is 6.20 Å². The van der Waals surface area contributed by atoms with E-state index in [1.165, 1.54) is 19.2 Å². The molecular weight excluding hydrogens is 298 g/mol. The van der Waals surface area contributed by atoms with E-state index in [0.29, 0.717) is 11.4 Å². The van der Waals surface area contributed by atoms with Crippen LogP contribution in [0.3, 0.4) is 0 Å². The van der Waals surface area contributed by atoms with Crippen LogP contribution in [-0.4, -0.2) is 23.3 Å². The second kappa shape index (κ2) is 5.50. The first kappa shape index (κ1) is 14.9. The van der Waals surface area contributed by atoms with E-state index in [9.17, 15) is 18.5 Å². The summed E-state index contributed by atoms with van der Waals surface area (Å²) < 4.78 is 26.8. The molecule has 0 unspecified atom stereocenters. The van der Waals surface area contributed by atoms with E-state index >= 15 is 0 Å². The highest BCUT2D eigenvalue weighted by molar-refractivity contribution is 7.89. The zero-order valence-electron chi connectivity index (χ0n) is 11.0.